The molecule has 0 aromatic heterocycles. The lowest BCUT2D eigenvalue weighted by atomic mass is 9.98. The number of methoxy groups -OCH3 is 1. The summed E-state index contributed by atoms with van der Waals surface area (Å²) in [6, 6.07) is 20.3. The van der Waals surface area contributed by atoms with E-state index in [9.17, 15) is 18.3 Å². The lowest BCUT2D eigenvalue weighted by Crippen LogP contribution is -3.17. The average Bonchev–Trinajstić information content (AvgIpc) is 2.92. The summed E-state index contributed by atoms with van der Waals surface area (Å²) < 4.78 is 33.8. The van der Waals surface area contributed by atoms with Crippen LogP contribution >= 0.6 is 0 Å². The van der Waals surface area contributed by atoms with Crippen LogP contribution in [0.25, 0.3) is 0 Å². The fourth-order valence-corrected chi connectivity index (χ4v) is 6.26. The molecule has 8 nitrogen and oxygen atoms in total. The second kappa shape index (κ2) is 13.2. The van der Waals surface area contributed by atoms with Gasteiger partial charge in [0.25, 0.3) is 0 Å². The van der Waals surface area contributed by atoms with Gasteiger partial charge in [0.05, 0.1) is 24.6 Å². The fourth-order valence-electron chi connectivity index (χ4n) is 4.64. The van der Waals surface area contributed by atoms with Gasteiger partial charge in [-0.05, 0) is 60.4 Å². The molecule has 4 N–H and O–H groups in total. The van der Waals surface area contributed by atoms with Crippen LogP contribution in [0.4, 0.5) is 5.69 Å². The number of anilines is 1. The zero-order chi connectivity index (χ0) is 28.7. The molecule has 0 bridgehead atoms. The minimum absolute atomic E-state index is 0.0134. The maximum atomic E-state index is 13.7. The number of nitrogens with one attached hydrogen (secondary N) is 1. The van der Waals surface area contributed by atoms with Crippen LogP contribution in [0.5, 0.6) is 5.75 Å². The zero-order valence-electron chi connectivity index (χ0n) is 23.3. The minimum atomic E-state index is -3.93. The molecule has 0 radical (unpaired) electrons. The first-order chi connectivity index (χ1) is 18.4. The standard InChI is InChI=1S/C30H39N3O5S/c1-21(2)19-33(39(36,37)25-16-14-24(38-5)15-17-25)20-29(34)28(18-23-10-7-6-8-11-23)32(4)30(35)26-12-9-13-27(31)22(26)3/h6-17,21,28-29,34H,18-20,31H2,1-5H3/p+1/t28-,29+/m0/s1. The number of hydrogen-bond acceptors (Lipinski definition) is 6. The molecule has 39 heavy (non-hydrogen) atoms. The molecule has 0 spiro atoms. The molecule has 1 unspecified atom stereocenters. The van der Waals surface area contributed by atoms with E-state index in [2.05, 4.69) is 0 Å². The summed E-state index contributed by atoms with van der Waals surface area (Å²) in [5.74, 6) is 0.348. The third-order valence-electron chi connectivity index (χ3n) is 6.95. The summed E-state index contributed by atoms with van der Waals surface area (Å²) in [4.78, 5) is 14.2. The number of aliphatic hydroxyl groups excluding tert-OH is 1. The first-order valence-corrected chi connectivity index (χ1v) is 14.5. The number of likely N-dealkylation sites (N-methyl/N-ethyl adjacent to an activating group) is 1. The second-order valence-corrected chi connectivity index (χ2v) is 12.2. The molecule has 0 heterocycles. The summed E-state index contributed by atoms with van der Waals surface area (Å²) >= 11 is 0. The Balaban J connectivity index is 1.96. The summed E-state index contributed by atoms with van der Waals surface area (Å²) in [5, 5.41) is 11.6. The van der Waals surface area contributed by atoms with Crippen LogP contribution in [0.1, 0.15) is 35.3 Å². The zero-order valence-corrected chi connectivity index (χ0v) is 24.1. The number of nitrogens with zero attached hydrogens (tertiary/aromatic N) is 1. The molecule has 0 aliphatic rings. The summed E-state index contributed by atoms with van der Waals surface area (Å²) in [6.07, 6.45) is -0.763. The van der Waals surface area contributed by atoms with E-state index in [0.717, 1.165) is 5.56 Å². The number of sulfonamides is 1. The summed E-state index contributed by atoms with van der Waals surface area (Å²) in [6.45, 7) is 5.70. The van der Waals surface area contributed by atoms with Crippen LogP contribution in [0.3, 0.4) is 0 Å². The van der Waals surface area contributed by atoms with Gasteiger partial charge in [0.1, 0.15) is 17.9 Å². The lowest BCUT2D eigenvalue weighted by Gasteiger charge is -2.32. The highest BCUT2D eigenvalue weighted by Gasteiger charge is 2.37. The van der Waals surface area contributed by atoms with Gasteiger partial charge in [-0.3, -0.25) is 4.90 Å². The number of carbonyl (C=O) groups is 1. The highest BCUT2D eigenvalue weighted by Crippen LogP contribution is 2.22. The van der Waals surface area contributed by atoms with Crippen molar-refractivity contribution in [2.24, 2.45) is 5.92 Å². The number of quaternary nitrogens is 1. The van der Waals surface area contributed by atoms with Crippen molar-refractivity contribution in [3.05, 3.63) is 89.5 Å². The van der Waals surface area contributed by atoms with Crippen molar-refractivity contribution in [2.45, 2.75) is 44.2 Å². The van der Waals surface area contributed by atoms with E-state index in [-0.39, 0.29) is 29.8 Å². The van der Waals surface area contributed by atoms with Crippen LogP contribution in [0.15, 0.2) is 77.7 Å². The third-order valence-corrected chi connectivity index (χ3v) is 8.80. The van der Waals surface area contributed by atoms with Gasteiger partial charge >= 0.3 is 5.91 Å². The SMILES string of the molecule is COc1ccc(S(=O)(=O)N(CC(C)C)C[C@@H](O)[C@H](Cc2ccccc2)[NH+](C)C(=O)c2cccc(N)c2C)cc1. The normalized spacial score (nSPS) is 14.3. The molecule has 0 aliphatic heterocycles. The van der Waals surface area contributed by atoms with Crippen molar-refractivity contribution in [1.82, 2.24) is 4.31 Å². The molecule has 3 atom stereocenters. The molecule has 3 aromatic rings. The van der Waals surface area contributed by atoms with E-state index in [0.29, 0.717) is 33.9 Å². The quantitative estimate of drug-likeness (QED) is 0.297. The minimum Gasteiger partial charge on any atom is -0.497 e. The van der Waals surface area contributed by atoms with E-state index < -0.39 is 22.2 Å². The van der Waals surface area contributed by atoms with Crippen molar-refractivity contribution >= 4 is 21.6 Å². The Hall–Kier alpha value is -3.24. The topological polar surface area (TPSA) is 114 Å². The molecule has 3 aromatic carbocycles. The molecular weight excluding hydrogens is 514 g/mol. The molecule has 0 fully saturated rings. The smallest absolute Gasteiger partial charge is 0.344 e. The molecule has 0 saturated carbocycles. The molecule has 1 amide bonds. The number of hydrogen-bond donors (Lipinski definition) is 3. The summed E-state index contributed by atoms with van der Waals surface area (Å²) in [5.41, 5.74) is 8.67. The van der Waals surface area contributed by atoms with Crippen LogP contribution in [-0.2, 0) is 16.4 Å². The molecular formula is C30H40N3O5S+. The molecule has 0 saturated heterocycles. The number of benzene rings is 3. The number of ether oxygens (including phenoxy) is 1. The number of carbonyl (C=O) groups excluding carboxylic acids is 1. The second-order valence-electron chi connectivity index (χ2n) is 10.3. The number of amides is 1. The Morgan fingerprint density at radius 1 is 1.00 bits per heavy atom. The number of nitrogens with two attached hydrogens (primary N) is 1. The Morgan fingerprint density at radius 2 is 1.64 bits per heavy atom. The van der Waals surface area contributed by atoms with E-state index in [1.807, 2.05) is 44.2 Å². The molecule has 9 heteroatoms. The van der Waals surface area contributed by atoms with Crippen LogP contribution in [0, 0.1) is 12.8 Å². The van der Waals surface area contributed by atoms with Gasteiger partial charge < -0.3 is 15.6 Å². The largest absolute Gasteiger partial charge is 0.497 e. The Labute approximate surface area is 232 Å². The van der Waals surface area contributed by atoms with Crippen molar-refractivity contribution in [1.29, 1.82) is 0 Å². The van der Waals surface area contributed by atoms with E-state index in [1.54, 1.807) is 44.3 Å². The van der Waals surface area contributed by atoms with Crippen molar-refractivity contribution < 1.29 is 28.0 Å². The highest BCUT2D eigenvalue weighted by atomic mass is 32.2. The van der Waals surface area contributed by atoms with Gasteiger partial charge in [-0.1, -0.05) is 50.2 Å². The Morgan fingerprint density at radius 3 is 2.23 bits per heavy atom. The molecule has 0 aliphatic carbocycles. The van der Waals surface area contributed by atoms with Gasteiger partial charge in [-0.25, -0.2) is 13.2 Å². The van der Waals surface area contributed by atoms with Crippen molar-refractivity contribution in [2.75, 3.05) is 33.0 Å². The fraction of sp³-hybridized carbons (Fsp3) is 0.367. The molecule has 210 valence electrons. The van der Waals surface area contributed by atoms with Gasteiger partial charge in [0, 0.05) is 25.2 Å². The van der Waals surface area contributed by atoms with Crippen LogP contribution in [0.2, 0.25) is 0 Å². The van der Waals surface area contributed by atoms with E-state index >= 15 is 0 Å². The van der Waals surface area contributed by atoms with E-state index in [4.69, 9.17) is 10.5 Å². The average molecular weight is 555 g/mol. The lowest BCUT2D eigenvalue weighted by molar-refractivity contribution is -0.825. The first kappa shape index (κ1) is 30.3. The predicted octanol–water partition coefficient (Wildman–Crippen LogP) is 2.56. The number of nitrogen functional groups attached to an aromatic ring is 1. The Bertz CT molecular complexity index is 1340. The van der Waals surface area contributed by atoms with Crippen LogP contribution in [-0.4, -0.2) is 63.1 Å². The highest BCUT2D eigenvalue weighted by molar-refractivity contribution is 7.89. The van der Waals surface area contributed by atoms with Crippen molar-refractivity contribution in [3.8, 4) is 5.75 Å². The van der Waals surface area contributed by atoms with Gasteiger partial charge in [0.15, 0.2) is 0 Å². The van der Waals surface area contributed by atoms with Gasteiger partial charge in [0.2, 0.25) is 10.0 Å². The van der Waals surface area contributed by atoms with E-state index in [1.165, 1.54) is 23.5 Å². The maximum absolute atomic E-state index is 13.7. The Kier molecular flexibility index (Phi) is 10.3. The molecule has 3 rings (SSSR count). The maximum Gasteiger partial charge on any atom is 0.344 e. The van der Waals surface area contributed by atoms with Crippen LogP contribution < -0.4 is 15.4 Å². The number of rotatable bonds is 12. The van der Waals surface area contributed by atoms with Gasteiger partial charge in [-0.15, -0.1) is 0 Å². The summed E-state index contributed by atoms with van der Waals surface area (Å²) in [7, 11) is -0.694. The predicted molar refractivity (Wildman–Crippen MR) is 153 cm³/mol. The van der Waals surface area contributed by atoms with Crippen molar-refractivity contribution in [3.63, 3.8) is 0 Å². The third kappa shape index (κ3) is 7.45. The monoisotopic (exact) mass is 554 g/mol. The number of aliphatic hydroxyl groups is 1. The van der Waals surface area contributed by atoms with Gasteiger partial charge in [-0.2, -0.15) is 4.31 Å². The first-order valence-electron chi connectivity index (χ1n) is 13.0.